The van der Waals surface area contributed by atoms with Gasteiger partial charge in [0.05, 0.1) is 0 Å². The number of nitrogens with one attached hydrogen (secondary N) is 1. The highest BCUT2D eigenvalue weighted by atomic mass is 16.2. The van der Waals surface area contributed by atoms with Gasteiger partial charge in [0.25, 0.3) is 5.91 Å². The van der Waals surface area contributed by atoms with E-state index < -0.39 is 0 Å². The van der Waals surface area contributed by atoms with Crippen molar-refractivity contribution in [3.63, 3.8) is 0 Å². The van der Waals surface area contributed by atoms with E-state index in [1.807, 2.05) is 12.1 Å². The summed E-state index contributed by atoms with van der Waals surface area (Å²) in [4.78, 5) is 38.8. The van der Waals surface area contributed by atoms with Gasteiger partial charge in [-0.3, -0.25) is 14.4 Å². The molecule has 0 fully saturated rings. The molecule has 180 valence electrons. The number of ketones is 2. The van der Waals surface area contributed by atoms with Crippen LogP contribution in [0.2, 0.25) is 0 Å². The molecule has 0 heterocycles. The molecule has 1 amide bonds. The number of fused-ring (bicyclic) bond motifs is 2. The van der Waals surface area contributed by atoms with Gasteiger partial charge in [-0.1, -0.05) is 77.4 Å². The molecule has 1 unspecified atom stereocenters. The van der Waals surface area contributed by atoms with E-state index in [-0.39, 0.29) is 22.9 Å². The molecule has 1 N–H and O–H groups in total. The minimum absolute atomic E-state index is 0.166. The molecule has 3 aromatic rings. The fraction of sp³-hybridized carbons (Fsp3) is 0.323. The summed E-state index contributed by atoms with van der Waals surface area (Å²) in [5.41, 5.74) is 3.96. The van der Waals surface area contributed by atoms with E-state index in [0.717, 1.165) is 12.8 Å². The first-order valence-electron chi connectivity index (χ1n) is 12.4. The number of carbonyl (C=O) groups is 3. The quantitative estimate of drug-likeness (QED) is 0.311. The molecule has 3 aromatic carbocycles. The maximum absolute atomic E-state index is 13.0. The summed E-state index contributed by atoms with van der Waals surface area (Å²) in [6, 6.07) is 19.6. The van der Waals surface area contributed by atoms with E-state index in [1.165, 1.54) is 5.56 Å². The van der Waals surface area contributed by atoms with Crippen LogP contribution in [-0.2, 0) is 0 Å². The van der Waals surface area contributed by atoms with Crippen molar-refractivity contribution in [2.24, 2.45) is 11.3 Å². The number of hydrogen-bond donors (Lipinski definition) is 1. The van der Waals surface area contributed by atoms with Gasteiger partial charge in [-0.2, -0.15) is 0 Å². The van der Waals surface area contributed by atoms with Crippen molar-refractivity contribution in [2.45, 2.75) is 53.4 Å². The smallest absolute Gasteiger partial charge is 0.255 e. The van der Waals surface area contributed by atoms with Gasteiger partial charge in [-0.05, 0) is 59.6 Å². The molecule has 0 saturated heterocycles. The Morgan fingerprint density at radius 3 is 1.97 bits per heavy atom. The van der Waals surface area contributed by atoms with E-state index >= 15 is 0 Å². The third-order valence-corrected chi connectivity index (χ3v) is 7.32. The summed E-state index contributed by atoms with van der Waals surface area (Å²) >= 11 is 0. The van der Waals surface area contributed by atoms with Gasteiger partial charge in [0, 0.05) is 33.5 Å². The summed E-state index contributed by atoms with van der Waals surface area (Å²) in [6.45, 7) is 11.3. The van der Waals surface area contributed by atoms with Crippen LogP contribution in [0.25, 0.3) is 0 Å². The van der Waals surface area contributed by atoms with Crippen molar-refractivity contribution in [1.82, 2.24) is 0 Å². The summed E-state index contributed by atoms with van der Waals surface area (Å²) in [5.74, 6) is 0.373. The third kappa shape index (κ3) is 4.84. The second kappa shape index (κ2) is 9.61. The Hall–Kier alpha value is -3.53. The topological polar surface area (TPSA) is 63.2 Å². The molecule has 0 saturated carbocycles. The van der Waals surface area contributed by atoms with E-state index in [1.54, 1.807) is 42.5 Å². The Morgan fingerprint density at radius 2 is 1.40 bits per heavy atom. The van der Waals surface area contributed by atoms with Crippen molar-refractivity contribution in [3.05, 3.63) is 100 Å². The van der Waals surface area contributed by atoms with Crippen LogP contribution in [0, 0.1) is 11.3 Å². The number of carbonyl (C=O) groups excluding carboxylic acids is 3. The monoisotopic (exact) mass is 467 g/mol. The van der Waals surface area contributed by atoms with Crippen LogP contribution >= 0.6 is 0 Å². The number of benzene rings is 3. The number of anilines is 1. The molecule has 0 bridgehead atoms. The molecule has 35 heavy (non-hydrogen) atoms. The molecule has 4 rings (SSSR count). The van der Waals surface area contributed by atoms with Crippen LogP contribution in [0.5, 0.6) is 0 Å². The highest BCUT2D eigenvalue weighted by Crippen LogP contribution is 2.42. The Bertz CT molecular complexity index is 1280. The van der Waals surface area contributed by atoms with Gasteiger partial charge in [0.1, 0.15) is 0 Å². The molecule has 0 aromatic heterocycles. The van der Waals surface area contributed by atoms with Gasteiger partial charge >= 0.3 is 0 Å². The average molecular weight is 468 g/mol. The molecule has 1 atom stereocenters. The van der Waals surface area contributed by atoms with Crippen LogP contribution in [0.15, 0.2) is 66.7 Å². The lowest BCUT2D eigenvalue weighted by Crippen LogP contribution is -2.23. The summed E-state index contributed by atoms with van der Waals surface area (Å²) in [5, 5.41) is 2.89. The molecular formula is C31H33NO3. The Labute approximate surface area is 207 Å². The first kappa shape index (κ1) is 24.6. The largest absolute Gasteiger partial charge is 0.322 e. The fourth-order valence-electron chi connectivity index (χ4n) is 4.87. The van der Waals surface area contributed by atoms with E-state index in [4.69, 9.17) is 0 Å². The number of amides is 1. The zero-order valence-electron chi connectivity index (χ0n) is 21.1. The van der Waals surface area contributed by atoms with Crippen molar-refractivity contribution in [1.29, 1.82) is 0 Å². The first-order chi connectivity index (χ1) is 16.6. The lowest BCUT2D eigenvalue weighted by atomic mass is 9.70. The minimum Gasteiger partial charge on any atom is -0.322 e. The van der Waals surface area contributed by atoms with Crippen LogP contribution in [0.3, 0.4) is 0 Å². The van der Waals surface area contributed by atoms with E-state index in [2.05, 4.69) is 52.1 Å². The summed E-state index contributed by atoms with van der Waals surface area (Å²) in [6.07, 6.45) is 2.17. The summed E-state index contributed by atoms with van der Waals surface area (Å²) < 4.78 is 0. The molecule has 0 radical (unpaired) electrons. The highest BCUT2D eigenvalue weighted by molar-refractivity contribution is 6.28. The SMILES string of the molecule is CCC(C)(C)C(CC(C)C)c1ccc(C(=O)Nc2ccc3c(c2)C(=O)c2ccccc2C3=O)cc1. The summed E-state index contributed by atoms with van der Waals surface area (Å²) in [7, 11) is 0. The first-order valence-corrected chi connectivity index (χ1v) is 12.4. The maximum Gasteiger partial charge on any atom is 0.255 e. The molecule has 0 aliphatic heterocycles. The van der Waals surface area contributed by atoms with Gasteiger partial charge in [0.2, 0.25) is 0 Å². The fourth-order valence-corrected chi connectivity index (χ4v) is 4.87. The lowest BCUT2D eigenvalue weighted by molar-refractivity contribution is 0.0979. The minimum atomic E-state index is -0.248. The predicted octanol–water partition coefficient (Wildman–Crippen LogP) is 7.28. The second-order valence-electron chi connectivity index (χ2n) is 10.6. The van der Waals surface area contributed by atoms with Crippen LogP contribution < -0.4 is 5.32 Å². The van der Waals surface area contributed by atoms with Gasteiger partial charge in [0.15, 0.2) is 11.6 Å². The maximum atomic E-state index is 13.0. The van der Waals surface area contributed by atoms with Crippen molar-refractivity contribution >= 4 is 23.2 Å². The number of hydrogen-bond acceptors (Lipinski definition) is 3. The van der Waals surface area contributed by atoms with Crippen LogP contribution in [0.1, 0.15) is 101 Å². The third-order valence-electron chi connectivity index (χ3n) is 7.32. The molecular weight excluding hydrogens is 434 g/mol. The van der Waals surface area contributed by atoms with Crippen LogP contribution in [0.4, 0.5) is 5.69 Å². The molecule has 0 spiro atoms. The van der Waals surface area contributed by atoms with Crippen LogP contribution in [-0.4, -0.2) is 17.5 Å². The molecule has 1 aliphatic carbocycles. The Morgan fingerprint density at radius 1 is 0.829 bits per heavy atom. The standard InChI is InChI=1S/C31H33NO3/c1-6-31(4,5)27(17-19(2)3)20-11-13-21(14-12-20)30(35)32-22-15-16-25-26(18-22)29(34)24-10-8-7-9-23(24)28(25)33/h7-16,18-19,27H,6,17H2,1-5H3,(H,32,35). The van der Waals surface area contributed by atoms with E-state index in [0.29, 0.717) is 45.3 Å². The molecule has 4 heteroatoms. The highest BCUT2D eigenvalue weighted by Gasteiger charge is 2.31. The number of rotatable bonds is 7. The van der Waals surface area contributed by atoms with Crippen molar-refractivity contribution < 1.29 is 14.4 Å². The predicted molar refractivity (Wildman–Crippen MR) is 140 cm³/mol. The Kier molecular flexibility index (Phi) is 6.75. The van der Waals surface area contributed by atoms with E-state index in [9.17, 15) is 14.4 Å². The van der Waals surface area contributed by atoms with Crippen molar-refractivity contribution in [3.8, 4) is 0 Å². The van der Waals surface area contributed by atoms with Crippen molar-refractivity contribution in [2.75, 3.05) is 5.32 Å². The van der Waals surface area contributed by atoms with Gasteiger partial charge < -0.3 is 5.32 Å². The molecule has 4 nitrogen and oxygen atoms in total. The normalized spacial score (nSPS) is 13.9. The van der Waals surface area contributed by atoms with Gasteiger partial charge in [-0.15, -0.1) is 0 Å². The Balaban J connectivity index is 1.55. The zero-order valence-corrected chi connectivity index (χ0v) is 21.1. The van der Waals surface area contributed by atoms with Gasteiger partial charge in [-0.25, -0.2) is 0 Å². The zero-order chi connectivity index (χ0) is 25.3. The molecule has 1 aliphatic rings. The second-order valence-corrected chi connectivity index (χ2v) is 10.6. The lowest BCUT2D eigenvalue weighted by Gasteiger charge is -2.35. The average Bonchev–Trinajstić information content (AvgIpc) is 2.85.